The number of nitrogens with zero attached hydrogens (tertiary/aromatic N) is 1. The van der Waals surface area contributed by atoms with Crippen LogP contribution < -0.4 is 0 Å². The number of halogens is 1. The monoisotopic (exact) mass is 297 g/mol. The first-order valence-electron chi connectivity index (χ1n) is 8.31. The van der Waals surface area contributed by atoms with Crippen molar-refractivity contribution in [3.8, 4) is 0 Å². The molecule has 22 heavy (non-hydrogen) atoms. The molecule has 0 radical (unpaired) electrons. The van der Waals surface area contributed by atoms with Crippen molar-refractivity contribution >= 4 is 0 Å². The zero-order valence-electron chi connectivity index (χ0n) is 13.3. The molecule has 1 saturated heterocycles. The number of hydrogen-bond acceptors (Lipinski definition) is 1. The van der Waals surface area contributed by atoms with Gasteiger partial charge in [0.05, 0.1) is 0 Å². The molecular formula is C20H24FN. The van der Waals surface area contributed by atoms with Crippen LogP contribution in [-0.2, 0) is 13.0 Å². The van der Waals surface area contributed by atoms with Gasteiger partial charge >= 0.3 is 0 Å². The van der Waals surface area contributed by atoms with E-state index < -0.39 is 0 Å². The lowest BCUT2D eigenvalue weighted by Gasteiger charge is -2.32. The Morgan fingerprint density at radius 1 is 1.05 bits per heavy atom. The maximum atomic E-state index is 14.0. The summed E-state index contributed by atoms with van der Waals surface area (Å²) in [5.41, 5.74) is 3.37. The van der Waals surface area contributed by atoms with E-state index in [0.29, 0.717) is 5.92 Å². The predicted molar refractivity (Wildman–Crippen MR) is 89.5 cm³/mol. The summed E-state index contributed by atoms with van der Waals surface area (Å²) >= 11 is 0. The van der Waals surface area contributed by atoms with Crippen LogP contribution in [0.4, 0.5) is 4.39 Å². The molecule has 116 valence electrons. The highest BCUT2D eigenvalue weighted by Gasteiger charge is 2.21. The van der Waals surface area contributed by atoms with Crippen LogP contribution in [0.25, 0.3) is 0 Å². The highest BCUT2D eigenvalue weighted by molar-refractivity contribution is 5.27. The van der Waals surface area contributed by atoms with E-state index in [-0.39, 0.29) is 5.82 Å². The van der Waals surface area contributed by atoms with Gasteiger partial charge in [-0.05, 0) is 61.0 Å². The normalized spacial score (nSPS) is 16.8. The van der Waals surface area contributed by atoms with E-state index in [1.807, 2.05) is 13.0 Å². The quantitative estimate of drug-likeness (QED) is 0.786. The molecule has 0 unspecified atom stereocenters. The molecular weight excluding hydrogens is 273 g/mol. The molecule has 1 nitrogen and oxygen atoms in total. The number of piperidine rings is 1. The lowest BCUT2D eigenvalue weighted by atomic mass is 9.88. The van der Waals surface area contributed by atoms with Crippen LogP contribution in [0.2, 0.25) is 0 Å². The Morgan fingerprint density at radius 3 is 2.41 bits per heavy atom. The second kappa shape index (κ2) is 7.06. The second-order valence-corrected chi connectivity index (χ2v) is 6.24. The van der Waals surface area contributed by atoms with Crippen LogP contribution >= 0.6 is 0 Å². The summed E-state index contributed by atoms with van der Waals surface area (Å²) in [6, 6.07) is 16.5. The molecule has 0 bridgehead atoms. The van der Waals surface area contributed by atoms with E-state index in [9.17, 15) is 4.39 Å². The Balaban J connectivity index is 1.58. The van der Waals surface area contributed by atoms with Crippen LogP contribution in [0.1, 0.15) is 42.4 Å². The standard InChI is InChI=1S/C20H24FN/c1-2-17-8-9-19(14-20(17)21)18-10-12-22(13-11-18)15-16-6-4-3-5-7-16/h3-9,14,18H,2,10-13,15H2,1H3. The van der Waals surface area contributed by atoms with Crippen molar-refractivity contribution in [3.63, 3.8) is 0 Å². The smallest absolute Gasteiger partial charge is 0.126 e. The van der Waals surface area contributed by atoms with Gasteiger partial charge in [0, 0.05) is 6.54 Å². The van der Waals surface area contributed by atoms with Gasteiger partial charge in [0.1, 0.15) is 5.82 Å². The molecule has 1 aliphatic rings. The van der Waals surface area contributed by atoms with E-state index in [0.717, 1.165) is 44.5 Å². The molecule has 0 atom stereocenters. The average Bonchev–Trinajstić information content (AvgIpc) is 2.56. The maximum Gasteiger partial charge on any atom is 0.126 e. The van der Waals surface area contributed by atoms with Gasteiger partial charge in [0.25, 0.3) is 0 Å². The van der Waals surface area contributed by atoms with E-state index in [4.69, 9.17) is 0 Å². The van der Waals surface area contributed by atoms with Crippen LogP contribution in [0, 0.1) is 5.82 Å². The molecule has 0 aliphatic carbocycles. The Kier molecular flexibility index (Phi) is 4.89. The van der Waals surface area contributed by atoms with Gasteiger partial charge in [-0.25, -0.2) is 4.39 Å². The summed E-state index contributed by atoms with van der Waals surface area (Å²) in [5.74, 6) is 0.471. The van der Waals surface area contributed by atoms with Crippen molar-refractivity contribution in [2.75, 3.05) is 13.1 Å². The van der Waals surface area contributed by atoms with E-state index >= 15 is 0 Å². The second-order valence-electron chi connectivity index (χ2n) is 6.24. The largest absolute Gasteiger partial charge is 0.299 e. The van der Waals surface area contributed by atoms with Gasteiger partial charge in [0.15, 0.2) is 0 Å². The molecule has 1 aliphatic heterocycles. The average molecular weight is 297 g/mol. The molecule has 0 spiro atoms. The fourth-order valence-electron chi connectivity index (χ4n) is 3.37. The van der Waals surface area contributed by atoms with Crippen LogP contribution in [0.3, 0.4) is 0 Å². The fourth-order valence-corrected chi connectivity index (χ4v) is 3.37. The lowest BCUT2D eigenvalue weighted by Crippen LogP contribution is -2.32. The van der Waals surface area contributed by atoms with Gasteiger partial charge in [-0.2, -0.15) is 0 Å². The molecule has 0 amide bonds. The predicted octanol–water partition coefficient (Wildman–Crippen LogP) is 4.77. The summed E-state index contributed by atoms with van der Waals surface area (Å²) in [5, 5.41) is 0. The van der Waals surface area contributed by atoms with Gasteiger partial charge in [-0.15, -0.1) is 0 Å². The zero-order valence-corrected chi connectivity index (χ0v) is 13.3. The molecule has 2 aromatic rings. The Bertz CT molecular complexity index is 600. The Labute approximate surface area is 132 Å². The van der Waals surface area contributed by atoms with Crippen molar-refractivity contribution in [3.05, 3.63) is 71.0 Å². The molecule has 3 rings (SSSR count). The molecule has 2 heteroatoms. The highest BCUT2D eigenvalue weighted by Crippen LogP contribution is 2.29. The number of likely N-dealkylation sites (tertiary alicyclic amines) is 1. The first-order valence-corrected chi connectivity index (χ1v) is 8.31. The van der Waals surface area contributed by atoms with Gasteiger partial charge in [-0.1, -0.05) is 49.4 Å². The highest BCUT2D eigenvalue weighted by atomic mass is 19.1. The molecule has 1 heterocycles. The fraction of sp³-hybridized carbons (Fsp3) is 0.400. The van der Waals surface area contributed by atoms with Crippen LogP contribution in [0.15, 0.2) is 48.5 Å². The number of rotatable bonds is 4. The SMILES string of the molecule is CCc1ccc(C2CCN(Cc3ccccc3)CC2)cc1F. The van der Waals surface area contributed by atoms with E-state index in [2.05, 4.69) is 41.3 Å². The Morgan fingerprint density at radius 2 is 1.77 bits per heavy atom. The van der Waals surface area contributed by atoms with E-state index in [1.165, 1.54) is 11.1 Å². The summed E-state index contributed by atoms with van der Waals surface area (Å²) in [6.07, 6.45) is 3.01. The summed E-state index contributed by atoms with van der Waals surface area (Å²) in [4.78, 5) is 2.50. The summed E-state index contributed by atoms with van der Waals surface area (Å²) < 4.78 is 14.0. The van der Waals surface area contributed by atoms with Gasteiger partial charge in [0.2, 0.25) is 0 Å². The third-order valence-electron chi connectivity index (χ3n) is 4.77. The minimum absolute atomic E-state index is 0.0354. The first-order chi connectivity index (χ1) is 10.8. The minimum Gasteiger partial charge on any atom is -0.299 e. The number of benzene rings is 2. The molecule has 0 aromatic heterocycles. The van der Waals surface area contributed by atoms with Gasteiger partial charge < -0.3 is 0 Å². The zero-order chi connectivity index (χ0) is 15.4. The van der Waals surface area contributed by atoms with Crippen LogP contribution in [-0.4, -0.2) is 18.0 Å². The van der Waals surface area contributed by atoms with Crippen molar-refractivity contribution in [1.82, 2.24) is 4.90 Å². The Hall–Kier alpha value is -1.67. The number of aryl methyl sites for hydroxylation is 1. The molecule has 0 saturated carbocycles. The number of hydrogen-bond donors (Lipinski definition) is 0. The third kappa shape index (κ3) is 3.56. The van der Waals surface area contributed by atoms with Crippen molar-refractivity contribution in [2.24, 2.45) is 0 Å². The maximum absolute atomic E-state index is 14.0. The van der Waals surface area contributed by atoms with Crippen molar-refractivity contribution < 1.29 is 4.39 Å². The van der Waals surface area contributed by atoms with Crippen molar-refractivity contribution in [2.45, 2.75) is 38.6 Å². The summed E-state index contributed by atoms with van der Waals surface area (Å²) in [7, 11) is 0. The minimum atomic E-state index is -0.0354. The van der Waals surface area contributed by atoms with Crippen LogP contribution in [0.5, 0.6) is 0 Å². The summed E-state index contributed by atoms with van der Waals surface area (Å²) in [6.45, 7) is 5.21. The topological polar surface area (TPSA) is 3.24 Å². The third-order valence-corrected chi connectivity index (χ3v) is 4.77. The first kappa shape index (κ1) is 15.2. The van der Waals surface area contributed by atoms with E-state index in [1.54, 1.807) is 6.07 Å². The van der Waals surface area contributed by atoms with Crippen molar-refractivity contribution in [1.29, 1.82) is 0 Å². The lowest BCUT2D eigenvalue weighted by molar-refractivity contribution is 0.204. The molecule has 2 aromatic carbocycles. The molecule has 1 fully saturated rings. The molecule has 0 N–H and O–H groups in total. The van der Waals surface area contributed by atoms with Gasteiger partial charge in [-0.3, -0.25) is 4.90 Å².